The molecule has 0 saturated carbocycles. The maximum absolute atomic E-state index is 11.7. The van der Waals surface area contributed by atoms with Gasteiger partial charge in [0.1, 0.15) is 0 Å². The van der Waals surface area contributed by atoms with Crippen LogP contribution in [-0.4, -0.2) is 29.6 Å². The van der Waals surface area contributed by atoms with Crippen LogP contribution in [0.4, 0.5) is 0 Å². The first-order valence-corrected chi connectivity index (χ1v) is 6.65. The molecule has 1 amide bonds. The van der Waals surface area contributed by atoms with Gasteiger partial charge >= 0.3 is 5.97 Å². The maximum Gasteiger partial charge on any atom is 0.305 e. The van der Waals surface area contributed by atoms with Gasteiger partial charge in [-0.15, -0.1) is 11.3 Å². The Kier molecular flexibility index (Phi) is 5.80. The minimum absolute atomic E-state index is 0.103. The minimum Gasteiger partial charge on any atom is -0.481 e. The van der Waals surface area contributed by atoms with Gasteiger partial charge in [0.05, 0.1) is 19.0 Å². The summed E-state index contributed by atoms with van der Waals surface area (Å²) >= 11 is 1.44. The highest BCUT2D eigenvalue weighted by atomic mass is 32.1. The molecule has 3 N–H and O–H groups in total. The average Bonchev–Trinajstić information content (AvgIpc) is 2.78. The number of hydrogen-bond acceptors (Lipinski definition) is 4. The summed E-state index contributed by atoms with van der Waals surface area (Å²) in [6.07, 6.45) is -0.103. The Hall–Kier alpha value is -1.40. The highest BCUT2D eigenvalue weighted by Crippen LogP contribution is 2.21. The van der Waals surface area contributed by atoms with E-state index in [0.717, 1.165) is 4.88 Å². The summed E-state index contributed by atoms with van der Waals surface area (Å²) in [5.41, 5.74) is 0. The summed E-state index contributed by atoms with van der Waals surface area (Å²) in [5, 5.41) is 16.4. The predicted octanol–water partition coefficient (Wildman–Crippen LogP) is 1.38. The fraction of sp³-hybridized carbons (Fsp3) is 0.500. The second-order valence-corrected chi connectivity index (χ2v) is 5.25. The summed E-state index contributed by atoms with van der Waals surface area (Å²) < 4.78 is 0. The first-order chi connectivity index (χ1) is 8.49. The first kappa shape index (κ1) is 14.7. The van der Waals surface area contributed by atoms with E-state index in [9.17, 15) is 9.59 Å². The zero-order valence-electron chi connectivity index (χ0n) is 10.5. The molecule has 100 valence electrons. The third-order valence-corrected chi connectivity index (χ3v) is 3.26. The Morgan fingerprint density at radius 3 is 2.67 bits per heavy atom. The van der Waals surface area contributed by atoms with Crippen molar-refractivity contribution in [2.24, 2.45) is 0 Å². The molecule has 1 atom stereocenters. The van der Waals surface area contributed by atoms with E-state index < -0.39 is 12.0 Å². The van der Waals surface area contributed by atoms with E-state index in [1.54, 1.807) is 0 Å². The number of carboxylic acids is 1. The predicted molar refractivity (Wildman–Crippen MR) is 70.6 cm³/mol. The van der Waals surface area contributed by atoms with Crippen molar-refractivity contribution in [3.63, 3.8) is 0 Å². The van der Waals surface area contributed by atoms with Gasteiger partial charge in [0, 0.05) is 10.9 Å². The molecule has 1 rings (SSSR count). The molecule has 0 bridgehead atoms. The van der Waals surface area contributed by atoms with Gasteiger partial charge in [-0.1, -0.05) is 19.9 Å². The average molecular weight is 270 g/mol. The zero-order valence-corrected chi connectivity index (χ0v) is 11.3. The lowest BCUT2D eigenvalue weighted by atomic mass is 10.1. The molecule has 6 heteroatoms. The molecule has 1 aromatic heterocycles. The summed E-state index contributed by atoms with van der Waals surface area (Å²) in [4.78, 5) is 23.3. The maximum atomic E-state index is 11.7. The van der Waals surface area contributed by atoms with Crippen LogP contribution in [-0.2, 0) is 9.59 Å². The number of rotatable bonds is 7. The quantitative estimate of drug-likeness (QED) is 0.699. The lowest BCUT2D eigenvalue weighted by Gasteiger charge is -2.16. The number of carbonyl (C=O) groups excluding carboxylic acids is 1. The van der Waals surface area contributed by atoms with Crippen LogP contribution in [0.1, 0.15) is 31.2 Å². The fourth-order valence-electron chi connectivity index (χ4n) is 1.43. The highest BCUT2D eigenvalue weighted by molar-refractivity contribution is 7.10. The van der Waals surface area contributed by atoms with Crippen LogP contribution in [0.2, 0.25) is 0 Å². The van der Waals surface area contributed by atoms with E-state index in [2.05, 4.69) is 10.6 Å². The van der Waals surface area contributed by atoms with Crippen molar-refractivity contribution in [2.75, 3.05) is 6.54 Å². The van der Waals surface area contributed by atoms with Crippen molar-refractivity contribution in [1.82, 2.24) is 10.6 Å². The summed E-state index contributed by atoms with van der Waals surface area (Å²) in [7, 11) is 0. The van der Waals surface area contributed by atoms with Crippen molar-refractivity contribution >= 4 is 23.2 Å². The van der Waals surface area contributed by atoms with E-state index in [4.69, 9.17) is 5.11 Å². The van der Waals surface area contributed by atoms with Gasteiger partial charge in [-0.25, -0.2) is 0 Å². The molecule has 1 unspecified atom stereocenters. The van der Waals surface area contributed by atoms with Crippen LogP contribution in [0, 0.1) is 0 Å². The second kappa shape index (κ2) is 7.13. The molecule has 5 nitrogen and oxygen atoms in total. The van der Waals surface area contributed by atoms with E-state index in [-0.39, 0.29) is 24.9 Å². The molecule has 0 spiro atoms. The number of nitrogens with one attached hydrogen (secondary N) is 2. The second-order valence-electron chi connectivity index (χ2n) is 4.27. The van der Waals surface area contributed by atoms with Gasteiger partial charge in [0.25, 0.3) is 0 Å². The Balaban J connectivity index is 2.56. The number of aliphatic carboxylic acids is 1. The van der Waals surface area contributed by atoms with Crippen LogP contribution in [0.3, 0.4) is 0 Å². The Morgan fingerprint density at radius 1 is 1.44 bits per heavy atom. The number of carbonyl (C=O) groups is 2. The lowest BCUT2D eigenvalue weighted by molar-refractivity contribution is -0.137. The fourth-order valence-corrected chi connectivity index (χ4v) is 2.21. The van der Waals surface area contributed by atoms with Crippen LogP contribution < -0.4 is 10.6 Å². The van der Waals surface area contributed by atoms with Gasteiger partial charge in [0.2, 0.25) is 5.91 Å². The smallest absolute Gasteiger partial charge is 0.305 e. The van der Waals surface area contributed by atoms with Gasteiger partial charge in [-0.3, -0.25) is 9.59 Å². The van der Waals surface area contributed by atoms with E-state index in [0.29, 0.717) is 0 Å². The molecule has 0 radical (unpaired) electrons. The van der Waals surface area contributed by atoms with Gasteiger partial charge in [-0.05, 0) is 11.4 Å². The number of thiophene rings is 1. The number of carboxylic acid groups (broad SMARTS) is 1. The molecular weight excluding hydrogens is 252 g/mol. The molecular formula is C12H18N2O3S. The zero-order chi connectivity index (χ0) is 13.5. The normalized spacial score (nSPS) is 12.4. The molecule has 1 heterocycles. The molecule has 0 aliphatic carbocycles. The third-order valence-electron chi connectivity index (χ3n) is 2.27. The molecule has 1 aromatic rings. The molecule has 18 heavy (non-hydrogen) atoms. The van der Waals surface area contributed by atoms with Crippen LogP contribution >= 0.6 is 11.3 Å². The monoisotopic (exact) mass is 270 g/mol. The van der Waals surface area contributed by atoms with E-state index in [1.165, 1.54) is 11.3 Å². The lowest BCUT2D eigenvalue weighted by Crippen LogP contribution is -2.39. The van der Waals surface area contributed by atoms with Crippen molar-refractivity contribution in [3.05, 3.63) is 22.4 Å². The number of amides is 1. The van der Waals surface area contributed by atoms with Gasteiger partial charge in [-0.2, -0.15) is 0 Å². The topological polar surface area (TPSA) is 78.4 Å². The Bertz CT molecular complexity index is 390. The van der Waals surface area contributed by atoms with Crippen molar-refractivity contribution in [1.29, 1.82) is 0 Å². The SMILES string of the molecule is CC(C)NCC(=O)NC(CC(=O)O)c1cccs1. The molecule has 0 aliphatic heterocycles. The third kappa shape index (κ3) is 5.29. The van der Waals surface area contributed by atoms with Crippen LogP contribution in [0.15, 0.2) is 17.5 Å². The Labute approximate surface area is 110 Å². The highest BCUT2D eigenvalue weighted by Gasteiger charge is 2.18. The summed E-state index contributed by atoms with van der Waals surface area (Å²) in [6.45, 7) is 4.09. The van der Waals surface area contributed by atoms with Crippen molar-refractivity contribution in [3.8, 4) is 0 Å². The Morgan fingerprint density at radius 2 is 2.17 bits per heavy atom. The molecule has 0 fully saturated rings. The molecule has 0 aromatic carbocycles. The van der Waals surface area contributed by atoms with E-state index >= 15 is 0 Å². The van der Waals surface area contributed by atoms with E-state index in [1.807, 2.05) is 31.4 Å². The first-order valence-electron chi connectivity index (χ1n) is 5.77. The summed E-state index contributed by atoms with van der Waals surface area (Å²) in [5.74, 6) is -1.12. The van der Waals surface area contributed by atoms with Gasteiger partial charge in [0.15, 0.2) is 0 Å². The number of hydrogen-bond donors (Lipinski definition) is 3. The molecule has 0 aliphatic rings. The van der Waals surface area contributed by atoms with Crippen molar-refractivity contribution in [2.45, 2.75) is 32.4 Å². The standard InChI is InChI=1S/C12H18N2O3S/c1-8(2)13-7-11(15)14-9(6-12(16)17)10-4-3-5-18-10/h3-5,8-9,13H,6-7H2,1-2H3,(H,14,15)(H,16,17). The molecule has 0 saturated heterocycles. The summed E-state index contributed by atoms with van der Waals surface area (Å²) in [6, 6.07) is 3.43. The van der Waals surface area contributed by atoms with Crippen LogP contribution in [0.25, 0.3) is 0 Å². The largest absolute Gasteiger partial charge is 0.481 e. The minimum atomic E-state index is -0.925. The van der Waals surface area contributed by atoms with Crippen LogP contribution in [0.5, 0.6) is 0 Å². The van der Waals surface area contributed by atoms with Crippen molar-refractivity contribution < 1.29 is 14.7 Å². The van der Waals surface area contributed by atoms with Gasteiger partial charge < -0.3 is 15.7 Å².